The molecule has 0 bridgehead atoms. The van der Waals surface area contributed by atoms with Crippen LogP contribution >= 0.6 is 0 Å². The van der Waals surface area contributed by atoms with Crippen molar-refractivity contribution in [1.82, 2.24) is 24.5 Å². The van der Waals surface area contributed by atoms with Gasteiger partial charge >= 0.3 is 0 Å². The van der Waals surface area contributed by atoms with Gasteiger partial charge in [-0.3, -0.25) is 4.98 Å². The number of hydrogen-bond donors (Lipinski definition) is 0. The minimum atomic E-state index is 0.401. The Balaban J connectivity index is 1.54. The Bertz CT molecular complexity index is 889. The molecule has 4 rings (SSSR count). The molecule has 0 saturated carbocycles. The van der Waals surface area contributed by atoms with Crippen molar-refractivity contribution in [2.75, 3.05) is 18.0 Å². The van der Waals surface area contributed by atoms with Crippen LogP contribution < -0.4 is 4.90 Å². The first kappa shape index (κ1) is 17.6. The average molecular weight is 362 g/mol. The highest BCUT2D eigenvalue weighted by Gasteiger charge is 2.26. The van der Waals surface area contributed by atoms with Gasteiger partial charge in [0.15, 0.2) is 0 Å². The van der Waals surface area contributed by atoms with Crippen molar-refractivity contribution in [2.45, 2.75) is 45.6 Å². The van der Waals surface area contributed by atoms with E-state index >= 15 is 0 Å². The smallest absolute Gasteiger partial charge is 0.132 e. The lowest BCUT2D eigenvalue weighted by molar-refractivity contribution is 0.473. The SMILES string of the molecule is CCc1cc(N2CCC[C@@H](c3nccn3Cc3ccccn3)C2)nc(C)n1. The highest BCUT2D eigenvalue weighted by atomic mass is 15.2. The summed E-state index contributed by atoms with van der Waals surface area (Å²) in [6, 6.07) is 8.18. The molecule has 6 heteroatoms. The molecule has 1 aliphatic heterocycles. The van der Waals surface area contributed by atoms with E-state index < -0.39 is 0 Å². The van der Waals surface area contributed by atoms with E-state index in [0.29, 0.717) is 5.92 Å². The first-order chi connectivity index (χ1) is 13.2. The Morgan fingerprint density at radius 3 is 2.85 bits per heavy atom. The van der Waals surface area contributed by atoms with E-state index in [4.69, 9.17) is 4.98 Å². The number of pyridine rings is 1. The summed E-state index contributed by atoms with van der Waals surface area (Å²) in [7, 11) is 0. The van der Waals surface area contributed by atoms with Crippen LogP contribution in [0.5, 0.6) is 0 Å². The molecular formula is C21H26N6. The Labute approximate surface area is 160 Å². The van der Waals surface area contributed by atoms with E-state index in [1.807, 2.05) is 31.5 Å². The number of nitrogens with zero attached hydrogens (tertiary/aromatic N) is 6. The molecule has 1 atom stereocenters. The van der Waals surface area contributed by atoms with Gasteiger partial charge in [-0.25, -0.2) is 15.0 Å². The van der Waals surface area contributed by atoms with Gasteiger partial charge in [-0.05, 0) is 38.3 Å². The molecule has 0 radical (unpaired) electrons. The van der Waals surface area contributed by atoms with Crippen LogP contribution in [0.25, 0.3) is 0 Å². The third-order valence-electron chi connectivity index (χ3n) is 5.16. The predicted molar refractivity (Wildman–Crippen MR) is 106 cm³/mol. The van der Waals surface area contributed by atoms with Crippen molar-refractivity contribution in [3.05, 3.63) is 65.9 Å². The zero-order valence-electron chi connectivity index (χ0n) is 16.0. The van der Waals surface area contributed by atoms with Gasteiger partial charge in [-0.2, -0.15) is 0 Å². The number of anilines is 1. The van der Waals surface area contributed by atoms with Crippen molar-refractivity contribution in [2.24, 2.45) is 0 Å². The zero-order chi connectivity index (χ0) is 18.6. The molecule has 1 saturated heterocycles. The van der Waals surface area contributed by atoms with Crippen LogP contribution in [0.1, 0.15) is 48.7 Å². The van der Waals surface area contributed by atoms with E-state index in [9.17, 15) is 0 Å². The van der Waals surface area contributed by atoms with Gasteiger partial charge in [0.25, 0.3) is 0 Å². The normalized spacial score (nSPS) is 17.3. The van der Waals surface area contributed by atoms with E-state index in [2.05, 4.69) is 49.7 Å². The third-order valence-corrected chi connectivity index (χ3v) is 5.16. The van der Waals surface area contributed by atoms with Crippen LogP contribution in [0.15, 0.2) is 42.9 Å². The molecule has 0 amide bonds. The second kappa shape index (κ2) is 7.86. The van der Waals surface area contributed by atoms with Crippen LogP contribution in [-0.2, 0) is 13.0 Å². The van der Waals surface area contributed by atoms with Crippen LogP contribution in [0.3, 0.4) is 0 Å². The van der Waals surface area contributed by atoms with Crippen molar-refractivity contribution in [3.8, 4) is 0 Å². The highest BCUT2D eigenvalue weighted by Crippen LogP contribution is 2.29. The quantitative estimate of drug-likeness (QED) is 0.696. The lowest BCUT2D eigenvalue weighted by Gasteiger charge is -2.33. The van der Waals surface area contributed by atoms with Gasteiger partial charge in [0, 0.05) is 49.4 Å². The summed E-state index contributed by atoms with van der Waals surface area (Å²) in [4.78, 5) is 20.7. The van der Waals surface area contributed by atoms with Crippen LogP contribution in [0.4, 0.5) is 5.82 Å². The molecule has 27 heavy (non-hydrogen) atoms. The largest absolute Gasteiger partial charge is 0.356 e. The fraction of sp³-hybridized carbons (Fsp3) is 0.429. The van der Waals surface area contributed by atoms with Gasteiger partial charge in [-0.15, -0.1) is 0 Å². The van der Waals surface area contributed by atoms with E-state index in [1.165, 1.54) is 0 Å². The molecule has 6 nitrogen and oxygen atoms in total. The molecule has 0 aliphatic carbocycles. The van der Waals surface area contributed by atoms with Gasteiger partial charge in [0.1, 0.15) is 17.5 Å². The number of piperidine rings is 1. The number of hydrogen-bond acceptors (Lipinski definition) is 5. The molecule has 140 valence electrons. The zero-order valence-corrected chi connectivity index (χ0v) is 16.0. The molecule has 3 aromatic heterocycles. The van der Waals surface area contributed by atoms with E-state index in [-0.39, 0.29) is 0 Å². The highest BCUT2D eigenvalue weighted by molar-refractivity contribution is 5.41. The van der Waals surface area contributed by atoms with Gasteiger partial charge in [-0.1, -0.05) is 13.0 Å². The van der Waals surface area contributed by atoms with Crippen molar-refractivity contribution in [1.29, 1.82) is 0 Å². The lowest BCUT2D eigenvalue weighted by Crippen LogP contribution is -2.36. The Morgan fingerprint density at radius 1 is 1.11 bits per heavy atom. The summed E-state index contributed by atoms with van der Waals surface area (Å²) in [5.41, 5.74) is 2.17. The Kier molecular flexibility index (Phi) is 5.14. The summed E-state index contributed by atoms with van der Waals surface area (Å²) in [5.74, 6) is 3.44. The Hall–Kier alpha value is -2.76. The van der Waals surface area contributed by atoms with Gasteiger partial charge < -0.3 is 9.47 Å². The molecule has 0 spiro atoms. The van der Waals surface area contributed by atoms with Crippen LogP contribution in [-0.4, -0.2) is 37.6 Å². The van der Waals surface area contributed by atoms with Crippen molar-refractivity contribution >= 4 is 5.82 Å². The second-order valence-electron chi connectivity index (χ2n) is 7.14. The number of imidazole rings is 1. The van der Waals surface area contributed by atoms with Gasteiger partial charge in [0.2, 0.25) is 0 Å². The summed E-state index contributed by atoms with van der Waals surface area (Å²) in [6.07, 6.45) is 9.04. The molecular weight excluding hydrogens is 336 g/mol. The molecule has 1 aliphatic rings. The standard InChI is InChI=1S/C21H26N6/c1-3-18-13-20(25-16(2)24-18)26-11-6-7-17(14-26)21-23-10-12-27(21)15-19-8-4-5-9-22-19/h4-5,8-10,12-13,17H,3,6-7,11,14-15H2,1-2H3/t17-/m1/s1. The molecule has 1 fully saturated rings. The average Bonchev–Trinajstić information content (AvgIpc) is 3.16. The fourth-order valence-electron chi connectivity index (χ4n) is 3.83. The topological polar surface area (TPSA) is 59.7 Å². The van der Waals surface area contributed by atoms with Crippen LogP contribution in [0.2, 0.25) is 0 Å². The van der Waals surface area contributed by atoms with E-state index in [1.54, 1.807) is 0 Å². The van der Waals surface area contributed by atoms with Crippen molar-refractivity contribution in [3.63, 3.8) is 0 Å². The monoisotopic (exact) mass is 362 g/mol. The maximum Gasteiger partial charge on any atom is 0.132 e. The summed E-state index contributed by atoms with van der Waals surface area (Å²) in [5, 5.41) is 0. The predicted octanol–water partition coefficient (Wildman–Crippen LogP) is 3.37. The van der Waals surface area contributed by atoms with E-state index in [0.717, 1.165) is 67.8 Å². The van der Waals surface area contributed by atoms with Gasteiger partial charge in [0.05, 0.1) is 12.2 Å². The first-order valence-corrected chi connectivity index (χ1v) is 9.73. The minimum Gasteiger partial charge on any atom is -0.356 e. The molecule has 4 heterocycles. The molecule has 0 unspecified atom stereocenters. The molecule has 3 aromatic rings. The maximum atomic E-state index is 4.69. The number of rotatable bonds is 5. The second-order valence-corrected chi connectivity index (χ2v) is 7.14. The fourth-order valence-corrected chi connectivity index (χ4v) is 3.83. The lowest BCUT2D eigenvalue weighted by atomic mass is 9.97. The summed E-state index contributed by atoms with van der Waals surface area (Å²) >= 11 is 0. The Morgan fingerprint density at radius 2 is 2.04 bits per heavy atom. The summed E-state index contributed by atoms with van der Waals surface area (Å²) in [6.45, 7) is 6.86. The van der Waals surface area contributed by atoms with Crippen LogP contribution in [0, 0.1) is 6.92 Å². The molecule has 0 aromatic carbocycles. The summed E-state index contributed by atoms with van der Waals surface area (Å²) < 4.78 is 2.24. The van der Waals surface area contributed by atoms with Crippen molar-refractivity contribution < 1.29 is 0 Å². The third kappa shape index (κ3) is 3.99. The maximum absolute atomic E-state index is 4.69. The molecule has 0 N–H and O–H groups in total. The minimum absolute atomic E-state index is 0.401. The number of aromatic nitrogens is 5. The number of aryl methyl sites for hydroxylation is 2. The first-order valence-electron chi connectivity index (χ1n) is 9.73.